The van der Waals surface area contributed by atoms with Crippen molar-refractivity contribution in [1.29, 1.82) is 0 Å². The minimum atomic E-state index is -0.324. The van der Waals surface area contributed by atoms with E-state index in [4.69, 9.17) is 4.74 Å². The molecule has 6 heteroatoms. The minimum Gasteiger partial charge on any atom is -0.462 e. The summed E-state index contributed by atoms with van der Waals surface area (Å²) in [7, 11) is 0. The molecule has 0 spiro atoms. The van der Waals surface area contributed by atoms with Crippen LogP contribution in [0.2, 0.25) is 0 Å². The molecule has 2 aromatic carbocycles. The number of hydrogen-bond donors (Lipinski definition) is 1. The molecule has 0 saturated heterocycles. The fourth-order valence-electron chi connectivity index (χ4n) is 2.17. The number of esters is 1. The summed E-state index contributed by atoms with van der Waals surface area (Å²) in [5.41, 5.74) is 2.21. The zero-order chi connectivity index (χ0) is 16.2. The molecule has 1 aromatic heterocycles. The molecule has 0 atom stereocenters. The van der Waals surface area contributed by atoms with Gasteiger partial charge in [-0.25, -0.2) is 14.8 Å². The van der Waals surface area contributed by atoms with E-state index in [1.165, 1.54) is 6.33 Å². The van der Waals surface area contributed by atoms with E-state index in [2.05, 4.69) is 31.2 Å². The van der Waals surface area contributed by atoms with Crippen LogP contribution in [0.25, 0.3) is 10.9 Å². The molecule has 0 aliphatic heterocycles. The third kappa shape index (κ3) is 3.48. The summed E-state index contributed by atoms with van der Waals surface area (Å²) < 4.78 is 5.93. The van der Waals surface area contributed by atoms with Gasteiger partial charge in [-0.05, 0) is 49.4 Å². The van der Waals surface area contributed by atoms with Gasteiger partial charge in [0.25, 0.3) is 0 Å². The van der Waals surface area contributed by atoms with Crippen LogP contribution in [0.4, 0.5) is 11.5 Å². The van der Waals surface area contributed by atoms with Crippen LogP contribution < -0.4 is 5.32 Å². The molecular weight excluding hydrogens is 358 g/mol. The number of rotatable bonds is 4. The van der Waals surface area contributed by atoms with Gasteiger partial charge >= 0.3 is 5.97 Å². The number of fused-ring (bicyclic) bond motifs is 1. The van der Waals surface area contributed by atoms with Gasteiger partial charge in [0, 0.05) is 15.5 Å². The van der Waals surface area contributed by atoms with Crippen LogP contribution in [0.15, 0.2) is 53.3 Å². The SMILES string of the molecule is CCOC(=O)c1ccc(Nc2ncnc3ccc(Br)cc23)cc1. The highest BCUT2D eigenvalue weighted by atomic mass is 79.9. The highest BCUT2D eigenvalue weighted by Gasteiger charge is 2.07. The first-order valence-corrected chi connectivity index (χ1v) is 7.91. The monoisotopic (exact) mass is 371 g/mol. The highest BCUT2D eigenvalue weighted by Crippen LogP contribution is 2.26. The number of nitrogens with zero attached hydrogens (tertiary/aromatic N) is 2. The molecule has 0 radical (unpaired) electrons. The molecule has 0 unspecified atom stereocenters. The van der Waals surface area contributed by atoms with Crippen molar-refractivity contribution in [2.75, 3.05) is 11.9 Å². The lowest BCUT2D eigenvalue weighted by molar-refractivity contribution is 0.0526. The Balaban J connectivity index is 1.87. The first-order chi connectivity index (χ1) is 11.2. The summed E-state index contributed by atoms with van der Waals surface area (Å²) in [6.45, 7) is 2.15. The molecule has 5 nitrogen and oxygen atoms in total. The summed E-state index contributed by atoms with van der Waals surface area (Å²) >= 11 is 3.46. The van der Waals surface area contributed by atoms with Gasteiger partial charge in [-0.2, -0.15) is 0 Å². The van der Waals surface area contributed by atoms with Crippen molar-refractivity contribution in [2.45, 2.75) is 6.92 Å². The Labute approximate surface area is 141 Å². The smallest absolute Gasteiger partial charge is 0.338 e. The van der Waals surface area contributed by atoms with E-state index in [1.54, 1.807) is 19.1 Å². The largest absolute Gasteiger partial charge is 0.462 e. The molecule has 0 amide bonds. The van der Waals surface area contributed by atoms with E-state index < -0.39 is 0 Å². The second kappa shape index (κ2) is 6.75. The molecule has 0 bridgehead atoms. The maximum absolute atomic E-state index is 11.7. The van der Waals surface area contributed by atoms with Crippen molar-refractivity contribution < 1.29 is 9.53 Å². The van der Waals surface area contributed by atoms with Crippen molar-refractivity contribution in [3.63, 3.8) is 0 Å². The summed E-state index contributed by atoms with van der Waals surface area (Å²) in [5.74, 6) is 0.385. The van der Waals surface area contributed by atoms with Crippen LogP contribution in [0.1, 0.15) is 17.3 Å². The fraction of sp³-hybridized carbons (Fsp3) is 0.118. The maximum atomic E-state index is 11.7. The van der Waals surface area contributed by atoms with Gasteiger partial charge in [0.1, 0.15) is 12.1 Å². The molecule has 0 fully saturated rings. The number of aromatic nitrogens is 2. The van der Waals surface area contributed by atoms with E-state index in [-0.39, 0.29) is 5.97 Å². The van der Waals surface area contributed by atoms with Crippen molar-refractivity contribution in [1.82, 2.24) is 9.97 Å². The van der Waals surface area contributed by atoms with Crippen LogP contribution in [0.5, 0.6) is 0 Å². The summed E-state index contributed by atoms with van der Waals surface area (Å²) in [6.07, 6.45) is 1.52. The average molecular weight is 372 g/mol. The molecule has 3 rings (SSSR count). The third-order valence-corrected chi connectivity index (χ3v) is 3.75. The number of ether oxygens (including phenoxy) is 1. The van der Waals surface area contributed by atoms with Crippen LogP contribution in [-0.4, -0.2) is 22.5 Å². The molecule has 1 heterocycles. The first kappa shape index (κ1) is 15.4. The van der Waals surface area contributed by atoms with Crippen LogP contribution >= 0.6 is 15.9 Å². The summed E-state index contributed by atoms with van der Waals surface area (Å²) in [5, 5.41) is 4.16. The molecule has 0 aliphatic carbocycles. The Morgan fingerprint density at radius 1 is 1.17 bits per heavy atom. The van der Waals surface area contributed by atoms with Gasteiger partial charge in [0.05, 0.1) is 17.7 Å². The molecule has 1 N–H and O–H groups in total. The maximum Gasteiger partial charge on any atom is 0.338 e. The molecule has 116 valence electrons. The predicted octanol–water partition coefficient (Wildman–Crippen LogP) is 4.31. The van der Waals surface area contributed by atoms with Crippen LogP contribution in [0, 0.1) is 0 Å². The number of benzene rings is 2. The van der Waals surface area contributed by atoms with Gasteiger partial charge in [0.2, 0.25) is 0 Å². The number of anilines is 2. The highest BCUT2D eigenvalue weighted by molar-refractivity contribution is 9.10. The Kier molecular flexibility index (Phi) is 4.52. The van der Waals surface area contributed by atoms with Crippen LogP contribution in [-0.2, 0) is 4.74 Å². The predicted molar refractivity (Wildman–Crippen MR) is 92.9 cm³/mol. The van der Waals surface area contributed by atoms with Crippen molar-refractivity contribution in [3.8, 4) is 0 Å². The van der Waals surface area contributed by atoms with E-state index in [0.717, 1.165) is 21.1 Å². The number of hydrogen-bond acceptors (Lipinski definition) is 5. The van der Waals surface area contributed by atoms with E-state index in [9.17, 15) is 4.79 Å². The van der Waals surface area contributed by atoms with Gasteiger partial charge in [-0.1, -0.05) is 15.9 Å². The lowest BCUT2D eigenvalue weighted by atomic mass is 10.2. The van der Waals surface area contributed by atoms with Gasteiger partial charge in [0.15, 0.2) is 0 Å². The van der Waals surface area contributed by atoms with Crippen molar-refractivity contribution in [2.24, 2.45) is 0 Å². The number of nitrogens with one attached hydrogen (secondary N) is 1. The second-order valence-electron chi connectivity index (χ2n) is 4.81. The lowest BCUT2D eigenvalue weighted by Gasteiger charge is -2.09. The molecule has 23 heavy (non-hydrogen) atoms. The fourth-order valence-corrected chi connectivity index (χ4v) is 2.53. The third-order valence-electron chi connectivity index (χ3n) is 3.26. The number of carbonyl (C=O) groups excluding carboxylic acids is 1. The normalized spacial score (nSPS) is 10.5. The molecule has 0 aliphatic rings. The van der Waals surface area contributed by atoms with Crippen LogP contribution in [0.3, 0.4) is 0 Å². The zero-order valence-electron chi connectivity index (χ0n) is 12.4. The van der Waals surface area contributed by atoms with Crippen molar-refractivity contribution in [3.05, 3.63) is 58.8 Å². The standard InChI is InChI=1S/C17H14BrN3O2/c1-2-23-17(22)11-3-6-13(7-4-11)21-16-14-9-12(18)5-8-15(14)19-10-20-16/h3-10H,2H2,1H3,(H,19,20,21). The second-order valence-corrected chi connectivity index (χ2v) is 5.72. The van der Waals surface area contributed by atoms with Gasteiger partial charge < -0.3 is 10.1 Å². The molecule has 0 saturated carbocycles. The van der Waals surface area contributed by atoms with Gasteiger partial charge in [-0.15, -0.1) is 0 Å². The topological polar surface area (TPSA) is 64.1 Å². The Bertz CT molecular complexity index is 850. The number of carbonyl (C=O) groups is 1. The minimum absolute atomic E-state index is 0.324. The molecule has 3 aromatic rings. The zero-order valence-corrected chi connectivity index (χ0v) is 14.0. The summed E-state index contributed by atoms with van der Waals surface area (Å²) in [4.78, 5) is 20.2. The van der Waals surface area contributed by atoms with E-state index in [0.29, 0.717) is 18.0 Å². The first-order valence-electron chi connectivity index (χ1n) is 7.12. The van der Waals surface area contributed by atoms with Gasteiger partial charge in [-0.3, -0.25) is 0 Å². The Morgan fingerprint density at radius 3 is 2.70 bits per heavy atom. The lowest BCUT2D eigenvalue weighted by Crippen LogP contribution is -2.04. The number of halogens is 1. The average Bonchev–Trinajstić information content (AvgIpc) is 2.56. The molecular formula is C17H14BrN3O2. The van der Waals surface area contributed by atoms with E-state index >= 15 is 0 Å². The summed E-state index contributed by atoms with van der Waals surface area (Å²) in [6, 6.07) is 12.9. The Morgan fingerprint density at radius 2 is 1.96 bits per heavy atom. The van der Waals surface area contributed by atoms with E-state index in [1.807, 2.05) is 30.3 Å². The quantitative estimate of drug-likeness (QED) is 0.692. The van der Waals surface area contributed by atoms with Crippen molar-refractivity contribution >= 4 is 44.3 Å². The Hall–Kier alpha value is -2.47.